The van der Waals surface area contributed by atoms with Gasteiger partial charge in [-0.05, 0) is 17.7 Å². The summed E-state index contributed by atoms with van der Waals surface area (Å²) in [5, 5.41) is 14.2. The lowest BCUT2D eigenvalue weighted by atomic mass is 10.2. The number of benzene rings is 2. The summed E-state index contributed by atoms with van der Waals surface area (Å²) in [5.41, 5.74) is 0.181. The molecule has 2 aromatic carbocycles. The van der Waals surface area contributed by atoms with Crippen LogP contribution >= 0.6 is 11.6 Å². The predicted molar refractivity (Wildman–Crippen MR) is 114 cm³/mol. The lowest BCUT2D eigenvalue weighted by Gasteiger charge is -2.12. The molecule has 1 heterocycles. The SMILES string of the molecule is COc1cc(Cl)cc(Oc2nc(S(C)(=O)=O)nc(NCc3ccccc3)c2[N+](=O)[O-])c1. The van der Waals surface area contributed by atoms with Gasteiger partial charge in [-0.1, -0.05) is 41.9 Å². The number of nitrogens with one attached hydrogen (secondary N) is 1. The Balaban J connectivity index is 2.10. The molecule has 0 spiro atoms. The average molecular weight is 465 g/mol. The second-order valence-electron chi connectivity index (χ2n) is 6.31. The van der Waals surface area contributed by atoms with Crippen molar-refractivity contribution in [2.75, 3.05) is 18.7 Å². The number of halogens is 1. The van der Waals surface area contributed by atoms with Crippen molar-refractivity contribution >= 4 is 32.9 Å². The van der Waals surface area contributed by atoms with Crippen LogP contribution in [0.4, 0.5) is 11.5 Å². The van der Waals surface area contributed by atoms with Gasteiger partial charge < -0.3 is 14.8 Å². The Morgan fingerprint density at radius 2 is 1.81 bits per heavy atom. The first kappa shape index (κ1) is 22.2. The van der Waals surface area contributed by atoms with E-state index in [1.807, 2.05) is 6.07 Å². The Bertz CT molecular complexity index is 1220. The Labute approximate surface area is 182 Å². The van der Waals surface area contributed by atoms with Gasteiger partial charge in [0.2, 0.25) is 15.7 Å². The zero-order valence-corrected chi connectivity index (χ0v) is 18.0. The summed E-state index contributed by atoms with van der Waals surface area (Å²) >= 11 is 6.02. The van der Waals surface area contributed by atoms with Crippen molar-refractivity contribution in [1.82, 2.24) is 9.97 Å². The van der Waals surface area contributed by atoms with E-state index in [0.717, 1.165) is 11.8 Å². The number of nitrogens with zero attached hydrogens (tertiary/aromatic N) is 3. The Kier molecular flexibility index (Phi) is 6.56. The molecule has 0 radical (unpaired) electrons. The molecule has 31 heavy (non-hydrogen) atoms. The number of ether oxygens (including phenoxy) is 2. The van der Waals surface area contributed by atoms with Crippen molar-refractivity contribution in [1.29, 1.82) is 0 Å². The Morgan fingerprint density at radius 3 is 2.42 bits per heavy atom. The van der Waals surface area contributed by atoms with E-state index >= 15 is 0 Å². The molecule has 0 amide bonds. The summed E-state index contributed by atoms with van der Waals surface area (Å²) in [7, 11) is -2.49. The number of sulfone groups is 1. The summed E-state index contributed by atoms with van der Waals surface area (Å²) in [4.78, 5) is 18.7. The molecule has 1 aromatic heterocycles. The van der Waals surface area contributed by atoms with Crippen LogP contribution in [0.25, 0.3) is 0 Å². The fourth-order valence-electron chi connectivity index (χ4n) is 2.55. The summed E-state index contributed by atoms with van der Waals surface area (Å²) in [6, 6.07) is 13.3. The van der Waals surface area contributed by atoms with Crippen LogP contribution in [0, 0.1) is 10.1 Å². The molecule has 3 rings (SSSR count). The fraction of sp³-hybridized carbons (Fsp3) is 0.158. The molecule has 0 bridgehead atoms. The van der Waals surface area contributed by atoms with Gasteiger partial charge in [0, 0.05) is 23.9 Å². The van der Waals surface area contributed by atoms with Crippen molar-refractivity contribution in [2.45, 2.75) is 11.7 Å². The highest BCUT2D eigenvalue weighted by Crippen LogP contribution is 2.37. The second-order valence-corrected chi connectivity index (χ2v) is 8.65. The number of hydrogen-bond donors (Lipinski definition) is 1. The van der Waals surface area contributed by atoms with Crippen molar-refractivity contribution < 1.29 is 22.8 Å². The van der Waals surface area contributed by atoms with Crippen LogP contribution in [0.3, 0.4) is 0 Å². The first-order chi connectivity index (χ1) is 14.7. The van der Waals surface area contributed by atoms with Crippen molar-refractivity contribution in [3.63, 3.8) is 0 Å². The standard InChI is InChI=1S/C19H17ClN4O6S/c1-29-14-8-13(20)9-15(10-14)30-18-16(24(25)26)17(22-19(23-18)31(2,27)28)21-11-12-6-4-3-5-7-12/h3-10H,11H2,1-2H3,(H,21,22,23). The molecule has 3 aromatic rings. The highest BCUT2D eigenvalue weighted by molar-refractivity contribution is 7.90. The number of anilines is 1. The van der Waals surface area contributed by atoms with Gasteiger partial charge in [-0.3, -0.25) is 10.1 Å². The molecule has 0 aliphatic rings. The summed E-state index contributed by atoms with van der Waals surface area (Å²) in [6.45, 7) is 0.159. The van der Waals surface area contributed by atoms with E-state index in [0.29, 0.717) is 5.75 Å². The first-order valence-electron chi connectivity index (χ1n) is 8.74. The van der Waals surface area contributed by atoms with Crippen LogP contribution in [0.1, 0.15) is 5.56 Å². The van der Waals surface area contributed by atoms with Crippen LogP contribution in [-0.4, -0.2) is 36.7 Å². The molecular formula is C19H17ClN4O6S. The van der Waals surface area contributed by atoms with Gasteiger partial charge in [0.15, 0.2) is 0 Å². The smallest absolute Gasteiger partial charge is 0.373 e. The third kappa shape index (κ3) is 5.58. The van der Waals surface area contributed by atoms with E-state index in [4.69, 9.17) is 21.1 Å². The fourth-order valence-corrected chi connectivity index (χ4v) is 3.27. The summed E-state index contributed by atoms with van der Waals surface area (Å²) in [5.74, 6) is -0.446. The molecule has 0 saturated heterocycles. The topological polar surface area (TPSA) is 134 Å². The van der Waals surface area contributed by atoms with E-state index in [9.17, 15) is 18.5 Å². The maximum atomic E-state index is 12.1. The first-order valence-corrected chi connectivity index (χ1v) is 11.0. The van der Waals surface area contributed by atoms with Gasteiger partial charge in [-0.2, -0.15) is 9.97 Å². The number of rotatable bonds is 8. The maximum absolute atomic E-state index is 12.1. The van der Waals surface area contributed by atoms with Crippen molar-refractivity contribution in [2.24, 2.45) is 0 Å². The lowest BCUT2D eigenvalue weighted by Crippen LogP contribution is -2.12. The van der Waals surface area contributed by atoms with Gasteiger partial charge in [-0.15, -0.1) is 0 Å². The zero-order valence-electron chi connectivity index (χ0n) is 16.4. The number of hydrogen-bond acceptors (Lipinski definition) is 9. The largest absolute Gasteiger partial charge is 0.497 e. The minimum atomic E-state index is -3.90. The molecule has 0 unspecified atom stereocenters. The van der Waals surface area contributed by atoms with E-state index in [1.54, 1.807) is 24.3 Å². The number of aromatic nitrogens is 2. The molecule has 10 nitrogen and oxygen atoms in total. The summed E-state index contributed by atoms with van der Waals surface area (Å²) < 4.78 is 34.8. The van der Waals surface area contributed by atoms with Crippen molar-refractivity contribution in [3.8, 4) is 17.4 Å². The van der Waals surface area contributed by atoms with Gasteiger partial charge in [0.05, 0.1) is 12.0 Å². The van der Waals surface area contributed by atoms with E-state index < -0.39 is 31.5 Å². The summed E-state index contributed by atoms with van der Waals surface area (Å²) in [6.07, 6.45) is 0.890. The highest BCUT2D eigenvalue weighted by Gasteiger charge is 2.29. The van der Waals surface area contributed by atoms with Crippen LogP contribution < -0.4 is 14.8 Å². The molecule has 12 heteroatoms. The Morgan fingerprint density at radius 1 is 1.13 bits per heavy atom. The molecule has 162 valence electrons. The molecular weight excluding hydrogens is 448 g/mol. The van der Waals surface area contributed by atoms with Crippen LogP contribution in [0.2, 0.25) is 5.02 Å². The molecule has 0 aliphatic heterocycles. The van der Waals surface area contributed by atoms with E-state index in [-0.39, 0.29) is 23.1 Å². The number of nitro groups is 1. The van der Waals surface area contributed by atoms with E-state index in [2.05, 4.69) is 15.3 Å². The quantitative estimate of drug-likeness (QED) is 0.299. The third-order valence-corrected chi connectivity index (χ3v) is 5.01. The Hall–Kier alpha value is -3.44. The molecule has 0 saturated carbocycles. The molecule has 1 N–H and O–H groups in total. The minimum absolute atomic E-state index is 0.0691. The molecule has 0 atom stereocenters. The monoisotopic (exact) mass is 464 g/mol. The highest BCUT2D eigenvalue weighted by atomic mass is 35.5. The van der Waals surface area contributed by atoms with Gasteiger partial charge in [-0.25, -0.2) is 8.42 Å². The normalized spacial score (nSPS) is 11.1. The van der Waals surface area contributed by atoms with Gasteiger partial charge in [0.1, 0.15) is 11.5 Å². The third-order valence-electron chi connectivity index (χ3n) is 3.94. The molecule has 0 fully saturated rings. The van der Waals surface area contributed by atoms with Crippen LogP contribution in [-0.2, 0) is 16.4 Å². The van der Waals surface area contributed by atoms with E-state index in [1.165, 1.54) is 25.3 Å². The zero-order chi connectivity index (χ0) is 22.6. The number of methoxy groups -OCH3 is 1. The van der Waals surface area contributed by atoms with Crippen molar-refractivity contribution in [3.05, 3.63) is 69.2 Å². The predicted octanol–water partition coefficient (Wildman–Crippen LogP) is 3.85. The minimum Gasteiger partial charge on any atom is -0.497 e. The van der Waals surface area contributed by atoms with Crippen LogP contribution in [0.15, 0.2) is 53.7 Å². The lowest BCUT2D eigenvalue weighted by molar-refractivity contribution is -0.385. The maximum Gasteiger partial charge on any atom is 0.373 e. The van der Waals surface area contributed by atoms with Gasteiger partial charge >= 0.3 is 11.6 Å². The van der Waals surface area contributed by atoms with Gasteiger partial charge in [0.25, 0.3) is 5.16 Å². The molecule has 0 aliphatic carbocycles. The van der Waals surface area contributed by atoms with Crippen LogP contribution in [0.5, 0.6) is 17.4 Å². The second kappa shape index (κ2) is 9.14. The average Bonchev–Trinajstić information content (AvgIpc) is 2.71.